The van der Waals surface area contributed by atoms with Crippen molar-refractivity contribution in [1.82, 2.24) is 0 Å². The van der Waals surface area contributed by atoms with Crippen LogP contribution < -0.4 is 0 Å². The van der Waals surface area contributed by atoms with Crippen molar-refractivity contribution in [2.45, 2.75) is 48.0 Å². The molecular formula is C32H34Zr. The Balaban J connectivity index is 0.000000142. The largest absolute Gasteiger partial charge is 0.179 e. The summed E-state index contributed by atoms with van der Waals surface area (Å²) in [7, 11) is 0. The molecule has 5 rings (SSSR count). The molecule has 0 saturated heterocycles. The third-order valence-corrected chi connectivity index (χ3v) is 6.61. The number of allylic oxidation sites excluding steroid dienone is 4. The molecule has 0 bridgehead atoms. The maximum Gasteiger partial charge on any atom is -0.0253 e. The van der Waals surface area contributed by atoms with Crippen LogP contribution in [0.25, 0.3) is 11.1 Å². The monoisotopic (exact) mass is 508 g/mol. The normalized spacial score (nSPS) is 15.7. The fraction of sp³-hybridized carbons (Fsp3) is 0.281. The van der Waals surface area contributed by atoms with Crippen molar-refractivity contribution < 1.29 is 24.2 Å². The van der Waals surface area contributed by atoms with E-state index >= 15 is 0 Å². The Hall–Kier alpha value is -2.11. The maximum atomic E-state index is 3.40. The average molecular weight is 510 g/mol. The van der Waals surface area contributed by atoms with Crippen LogP contribution in [-0.2, 0) is 30.7 Å². The molecule has 0 radical (unpaired) electrons. The van der Waals surface area contributed by atoms with Crippen LogP contribution in [0.15, 0.2) is 90.0 Å². The Morgan fingerprint density at radius 3 is 2.09 bits per heavy atom. The van der Waals surface area contributed by atoms with Gasteiger partial charge in [-0.15, -0.1) is 5.56 Å². The summed E-state index contributed by atoms with van der Waals surface area (Å²) in [5, 5.41) is 0. The second kappa shape index (κ2) is 11.3. The van der Waals surface area contributed by atoms with E-state index in [1.165, 1.54) is 66.4 Å². The van der Waals surface area contributed by atoms with Crippen molar-refractivity contribution in [3.8, 4) is 11.1 Å². The Labute approximate surface area is 215 Å². The van der Waals surface area contributed by atoms with Gasteiger partial charge in [0.25, 0.3) is 0 Å². The Kier molecular flexibility index (Phi) is 8.77. The van der Waals surface area contributed by atoms with Crippen LogP contribution in [0.4, 0.5) is 0 Å². The van der Waals surface area contributed by atoms with Crippen LogP contribution in [-0.4, -0.2) is 3.21 Å². The second-order valence-electron chi connectivity index (χ2n) is 9.78. The molecule has 0 fully saturated rings. The van der Waals surface area contributed by atoms with Gasteiger partial charge in [-0.1, -0.05) is 81.3 Å². The summed E-state index contributed by atoms with van der Waals surface area (Å²) < 4.78 is 1.46. The third kappa shape index (κ3) is 6.94. The van der Waals surface area contributed by atoms with E-state index in [-0.39, 0.29) is 0 Å². The number of benzene rings is 3. The predicted octanol–water partition coefficient (Wildman–Crippen LogP) is 8.19. The van der Waals surface area contributed by atoms with Crippen molar-refractivity contribution in [2.24, 2.45) is 11.3 Å². The van der Waals surface area contributed by atoms with Crippen LogP contribution >= 0.6 is 0 Å². The van der Waals surface area contributed by atoms with Gasteiger partial charge < -0.3 is 0 Å². The van der Waals surface area contributed by atoms with Gasteiger partial charge in [-0.25, -0.2) is 5.57 Å². The van der Waals surface area contributed by atoms with E-state index < -0.39 is 0 Å². The van der Waals surface area contributed by atoms with Crippen molar-refractivity contribution >= 4 is 3.21 Å². The molecule has 0 N–H and O–H groups in total. The van der Waals surface area contributed by atoms with E-state index in [9.17, 15) is 0 Å². The molecule has 0 aromatic heterocycles. The molecule has 166 valence electrons. The van der Waals surface area contributed by atoms with Crippen LogP contribution in [0.5, 0.6) is 0 Å². The molecule has 2 aliphatic rings. The van der Waals surface area contributed by atoms with Crippen molar-refractivity contribution in [3.63, 3.8) is 0 Å². The summed E-state index contributed by atoms with van der Waals surface area (Å²) in [6, 6.07) is 28.6. The standard InChI is InChI=1S/C13H9.C11H17.C8H8.Zr/c1-3-7-12-10(5-1)9-11-6-2-4-8-13(11)12;1-8-6-9(2)10(7-8)11(3,4)5;1-2-8-6-4-3-5-7-8;/h1-5,7-8H,9H2;7-8H,1-5H3;3-7H,1H3;/q2*-1;;+2. The van der Waals surface area contributed by atoms with E-state index in [1.54, 1.807) is 0 Å². The Morgan fingerprint density at radius 2 is 1.55 bits per heavy atom. The number of rotatable bonds is 1. The molecule has 1 heteroatoms. The Morgan fingerprint density at radius 1 is 0.909 bits per heavy atom. The van der Waals surface area contributed by atoms with Crippen LogP contribution in [0.2, 0.25) is 0 Å². The van der Waals surface area contributed by atoms with Crippen molar-refractivity contribution in [3.05, 3.63) is 119 Å². The number of hydrogen-bond acceptors (Lipinski definition) is 0. The molecule has 0 saturated carbocycles. The van der Waals surface area contributed by atoms with Gasteiger partial charge in [0.15, 0.2) is 0 Å². The fourth-order valence-electron chi connectivity index (χ4n) is 4.33. The predicted molar refractivity (Wildman–Crippen MR) is 139 cm³/mol. The smallest absolute Gasteiger partial charge is 0.0253 e. The van der Waals surface area contributed by atoms with E-state index in [1.807, 2.05) is 12.1 Å². The van der Waals surface area contributed by atoms with Crippen LogP contribution in [0.3, 0.4) is 0 Å². The first kappa shape index (κ1) is 25.5. The van der Waals surface area contributed by atoms with E-state index in [0.717, 1.165) is 6.42 Å². The van der Waals surface area contributed by atoms with Crippen molar-refractivity contribution in [2.75, 3.05) is 0 Å². The summed E-state index contributed by atoms with van der Waals surface area (Å²) in [4.78, 5) is 0. The van der Waals surface area contributed by atoms with Gasteiger partial charge in [0.2, 0.25) is 0 Å². The zero-order valence-electron chi connectivity index (χ0n) is 20.8. The summed E-state index contributed by atoms with van der Waals surface area (Å²) in [5.74, 6) is 0.518. The first-order valence-corrected chi connectivity index (χ1v) is 12.9. The quantitative estimate of drug-likeness (QED) is 0.227. The molecule has 0 aliphatic heterocycles. The third-order valence-electron chi connectivity index (χ3n) is 5.90. The van der Waals surface area contributed by atoms with Gasteiger partial charge in [-0.2, -0.15) is 41.5 Å². The average Bonchev–Trinajstić information content (AvgIpc) is 3.34. The van der Waals surface area contributed by atoms with Gasteiger partial charge in [-0.3, -0.25) is 6.08 Å². The SMILES string of the molecule is CC1=[C-]C(C)C=C1C(C)(C)C.C[C](=[Zr+2])c1ccccc1.[c-]1cccc2c1Cc1ccccc1-2. The number of hydrogen-bond donors (Lipinski definition) is 0. The van der Waals surface area contributed by atoms with Crippen LogP contribution in [0.1, 0.15) is 58.2 Å². The maximum absolute atomic E-state index is 3.40. The molecule has 0 heterocycles. The second-order valence-corrected chi connectivity index (χ2v) is 11.6. The minimum atomic E-state index is 0.293. The van der Waals surface area contributed by atoms with Gasteiger partial charge in [-0.05, 0) is 6.42 Å². The molecule has 3 aromatic rings. The summed E-state index contributed by atoms with van der Waals surface area (Å²) >= 11 is 1.51. The molecule has 0 nitrogen and oxygen atoms in total. The molecule has 2 aliphatic carbocycles. The molecule has 0 spiro atoms. The summed E-state index contributed by atoms with van der Waals surface area (Å²) in [6.07, 6.45) is 6.76. The minimum absolute atomic E-state index is 0.293. The van der Waals surface area contributed by atoms with Crippen molar-refractivity contribution in [1.29, 1.82) is 0 Å². The van der Waals surface area contributed by atoms with E-state index in [0.29, 0.717) is 11.3 Å². The van der Waals surface area contributed by atoms with Gasteiger partial charge in [0.05, 0.1) is 0 Å². The molecule has 3 aromatic carbocycles. The summed E-state index contributed by atoms with van der Waals surface area (Å²) in [5.41, 5.74) is 9.98. The minimum Gasteiger partial charge on any atom is -0.179 e. The van der Waals surface area contributed by atoms with Gasteiger partial charge >= 0.3 is 70.3 Å². The van der Waals surface area contributed by atoms with E-state index in [2.05, 4.69) is 120 Å². The first-order valence-electron chi connectivity index (χ1n) is 11.7. The Bertz CT molecular complexity index is 1110. The molecular weight excluding hydrogens is 476 g/mol. The van der Waals surface area contributed by atoms with Crippen LogP contribution in [0, 0.1) is 23.5 Å². The molecule has 0 amide bonds. The summed E-state index contributed by atoms with van der Waals surface area (Å²) in [6.45, 7) is 13.3. The van der Waals surface area contributed by atoms with Gasteiger partial charge in [0.1, 0.15) is 0 Å². The first-order chi connectivity index (χ1) is 15.7. The molecule has 33 heavy (non-hydrogen) atoms. The topological polar surface area (TPSA) is 0 Å². The zero-order chi connectivity index (χ0) is 24.0. The zero-order valence-corrected chi connectivity index (χ0v) is 23.2. The van der Waals surface area contributed by atoms with E-state index in [4.69, 9.17) is 0 Å². The molecule has 1 unspecified atom stereocenters. The van der Waals surface area contributed by atoms with Gasteiger partial charge in [0, 0.05) is 0 Å². The number of fused-ring (bicyclic) bond motifs is 3. The fourth-order valence-corrected chi connectivity index (χ4v) is 4.74. The molecule has 1 atom stereocenters.